The van der Waals surface area contributed by atoms with Crippen LogP contribution in [0.25, 0.3) is 0 Å². The highest BCUT2D eigenvalue weighted by Gasteiger charge is 2.26. The van der Waals surface area contributed by atoms with E-state index >= 15 is 0 Å². The monoisotopic (exact) mass is 256 g/mol. The summed E-state index contributed by atoms with van der Waals surface area (Å²) in [6.45, 7) is 9.79. The van der Waals surface area contributed by atoms with Crippen LogP contribution in [0.2, 0.25) is 0 Å². The average molecular weight is 256 g/mol. The van der Waals surface area contributed by atoms with Gasteiger partial charge in [0.25, 0.3) is 0 Å². The lowest BCUT2D eigenvalue weighted by Crippen LogP contribution is -2.30. The van der Waals surface area contributed by atoms with E-state index in [2.05, 4.69) is 10.3 Å². The molecule has 0 aromatic carbocycles. The molecule has 1 N–H and O–H groups in total. The number of urea groups is 1. The lowest BCUT2D eigenvalue weighted by Gasteiger charge is -2.20. The first kappa shape index (κ1) is 16.6. The highest BCUT2D eigenvalue weighted by molar-refractivity contribution is 5.93. The van der Waals surface area contributed by atoms with E-state index in [0.717, 1.165) is 18.6 Å². The van der Waals surface area contributed by atoms with Gasteiger partial charge in [0.1, 0.15) is 6.61 Å². The van der Waals surface area contributed by atoms with E-state index in [-0.39, 0.29) is 25.2 Å². The zero-order valence-corrected chi connectivity index (χ0v) is 12.0. The van der Waals surface area contributed by atoms with Crippen molar-refractivity contribution >= 4 is 17.7 Å². The summed E-state index contributed by atoms with van der Waals surface area (Å²) in [6.07, 6.45) is 1.46. The summed E-state index contributed by atoms with van der Waals surface area (Å²) >= 11 is 0. The Bertz CT molecular complexity index is 322. The van der Waals surface area contributed by atoms with Crippen LogP contribution in [0.3, 0.4) is 0 Å². The van der Waals surface area contributed by atoms with Crippen LogP contribution in [0.4, 0.5) is 4.79 Å². The second-order valence-electron chi connectivity index (χ2n) is 4.81. The number of hydrogen-bond donors (Lipinski definition) is 1. The van der Waals surface area contributed by atoms with Crippen molar-refractivity contribution in [2.75, 3.05) is 13.2 Å². The summed E-state index contributed by atoms with van der Waals surface area (Å²) in [5.41, 5.74) is 0.303. The van der Waals surface area contributed by atoms with Gasteiger partial charge in [-0.2, -0.15) is 0 Å². The molecule has 0 unspecified atom stereocenters. The number of amides is 2. The van der Waals surface area contributed by atoms with Crippen LogP contribution < -0.4 is 5.32 Å². The first-order chi connectivity index (χ1) is 8.33. The van der Waals surface area contributed by atoms with E-state index in [1.807, 2.05) is 27.7 Å². The maximum atomic E-state index is 11.6. The van der Waals surface area contributed by atoms with E-state index in [1.54, 1.807) is 6.92 Å². The molecule has 18 heavy (non-hydrogen) atoms. The third kappa shape index (κ3) is 6.37. The average Bonchev–Trinajstić information content (AvgIpc) is 2.33. The zero-order chi connectivity index (χ0) is 14.2. The number of esters is 1. The van der Waals surface area contributed by atoms with Crippen LogP contribution in [0.15, 0.2) is 4.99 Å². The third-order valence-corrected chi connectivity index (χ3v) is 2.85. The van der Waals surface area contributed by atoms with Crippen molar-refractivity contribution in [3.8, 4) is 0 Å². The van der Waals surface area contributed by atoms with Crippen molar-refractivity contribution < 1.29 is 14.3 Å². The van der Waals surface area contributed by atoms with Gasteiger partial charge >= 0.3 is 12.0 Å². The SMILES string of the molecule is CC/C(C)=N/C(=O)NCCOC(=O)C(C)(C)CC. The molecule has 5 heteroatoms. The molecule has 0 spiro atoms. The molecule has 5 nitrogen and oxygen atoms in total. The summed E-state index contributed by atoms with van der Waals surface area (Å²) in [7, 11) is 0. The number of rotatable bonds is 6. The Morgan fingerprint density at radius 1 is 1.28 bits per heavy atom. The Hall–Kier alpha value is -1.39. The van der Waals surface area contributed by atoms with Crippen LogP contribution in [-0.2, 0) is 9.53 Å². The molecular weight excluding hydrogens is 232 g/mol. The standard InChI is InChI=1S/C13H24N2O3/c1-6-10(3)15-12(17)14-8-9-18-11(16)13(4,5)7-2/h6-9H2,1-5H3,(H,14,17)/b15-10+. The molecule has 0 rings (SSSR count). The molecule has 0 aromatic rings. The van der Waals surface area contributed by atoms with Crippen LogP contribution in [0.1, 0.15) is 47.5 Å². The Morgan fingerprint density at radius 3 is 2.39 bits per heavy atom. The molecule has 0 radical (unpaired) electrons. The number of nitrogens with one attached hydrogen (secondary N) is 1. The van der Waals surface area contributed by atoms with Crippen molar-refractivity contribution in [1.82, 2.24) is 5.32 Å². The smallest absolute Gasteiger partial charge is 0.340 e. The molecule has 0 aromatic heterocycles. The van der Waals surface area contributed by atoms with Gasteiger partial charge in [-0.15, -0.1) is 0 Å². The Labute approximate surface area is 109 Å². The number of aliphatic imine (C=N–C) groups is 1. The first-order valence-corrected chi connectivity index (χ1v) is 6.32. The van der Waals surface area contributed by atoms with E-state index in [1.165, 1.54) is 0 Å². The van der Waals surface area contributed by atoms with Crippen molar-refractivity contribution in [1.29, 1.82) is 0 Å². The highest BCUT2D eigenvalue weighted by atomic mass is 16.5. The largest absolute Gasteiger partial charge is 0.463 e. The van der Waals surface area contributed by atoms with E-state index < -0.39 is 5.41 Å². The first-order valence-electron chi connectivity index (χ1n) is 6.32. The minimum absolute atomic E-state index is 0.175. The second-order valence-corrected chi connectivity index (χ2v) is 4.81. The highest BCUT2D eigenvalue weighted by Crippen LogP contribution is 2.21. The zero-order valence-electron chi connectivity index (χ0n) is 12.0. The fourth-order valence-electron chi connectivity index (χ4n) is 0.933. The van der Waals surface area contributed by atoms with E-state index in [0.29, 0.717) is 0 Å². The van der Waals surface area contributed by atoms with Crippen molar-refractivity contribution in [2.45, 2.75) is 47.5 Å². The predicted octanol–water partition coefficient (Wildman–Crippen LogP) is 2.55. The molecule has 0 heterocycles. The van der Waals surface area contributed by atoms with Crippen LogP contribution >= 0.6 is 0 Å². The number of nitrogens with zero attached hydrogens (tertiary/aromatic N) is 1. The number of ether oxygens (including phenoxy) is 1. The van der Waals surface area contributed by atoms with Crippen LogP contribution in [-0.4, -0.2) is 30.9 Å². The Morgan fingerprint density at radius 2 is 1.89 bits per heavy atom. The maximum absolute atomic E-state index is 11.6. The Kier molecular flexibility index (Phi) is 7.24. The predicted molar refractivity (Wildman–Crippen MR) is 71.8 cm³/mol. The maximum Gasteiger partial charge on any atom is 0.340 e. The molecule has 0 aliphatic carbocycles. The summed E-state index contributed by atoms with van der Waals surface area (Å²) < 4.78 is 5.08. The van der Waals surface area contributed by atoms with E-state index in [9.17, 15) is 9.59 Å². The van der Waals surface area contributed by atoms with Gasteiger partial charge in [0.15, 0.2) is 0 Å². The van der Waals surface area contributed by atoms with Gasteiger partial charge in [-0.05, 0) is 33.6 Å². The van der Waals surface area contributed by atoms with Crippen molar-refractivity contribution in [3.63, 3.8) is 0 Å². The number of carbonyl (C=O) groups is 2. The number of hydrogen-bond acceptors (Lipinski definition) is 3. The van der Waals surface area contributed by atoms with Gasteiger partial charge in [-0.1, -0.05) is 13.8 Å². The lowest BCUT2D eigenvalue weighted by molar-refractivity contribution is -0.153. The molecule has 0 atom stereocenters. The molecule has 0 saturated carbocycles. The molecular formula is C13H24N2O3. The van der Waals surface area contributed by atoms with Gasteiger partial charge in [0, 0.05) is 5.71 Å². The fraction of sp³-hybridized carbons (Fsp3) is 0.769. The number of carbonyl (C=O) groups excluding carboxylic acids is 2. The topological polar surface area (TPSA) is 67.8 Å². The van der Waals surface area contributed by atoms with Crippen molar-refractivity contribution in [3.05, 3.63) is 0 Å². The molecule has 0 fully saturated rings. The quantitative estimate of drug-likeness (QED) is 0.451. The van der Waals surface area contributed by atoms with Gasteiger partial charge in [0.05, 0.1) is 12.0 Å². The molecule has 0 aliphatic rings. The van der Waals surface area contributed by atoms with Gasteiger partial charge in [-0.25, -0.2) is 9.79 Å². The minimum atomic E-state index is -0.471. The fourth-order valence-corrected chi connectivity index (χ4v) is 0.933. The molecule has 104 valence electrons. The summed E-state index contributed by atoms with van der Waals surface area (Å²) in [5, 5.41) is 2.57. The van der Waals surface area contributed by atoms with Crippen LogP contribution in [0.5, 0.6) is 0 Å². The summed E-state index contributed by atoms with van der Waals surface area (Å²) in [5.74, 6) is -0.243. The van der Waals surface area contributed by atoms with Gasteiger partial charge in [0.2, 0.25) is 0 Å². The van der Waals surface area contributed by atoms with Crippen LogP contribution in [0, 0.1) is 5.41 Å². The van der Waals surface area contributed by atoms with Gasteiger partial charge in [-0.3, -0.25) is 4.79 Å². The molecule has 0 bridgehead atoms. The molecule has 0 saturated heterocycles. The molecule has 2 amide bonds. The summed E-state index contributed by atoms with van der Waals surface area (Å²) in [4.78, 5) is 26.7. The van der Waals surface area contributed by atoms with E-state index in [4.69, 9.17) is 4.74 Å². The van der Waals surface area contributed by atoms with Crippen molar-refractivity contribution in [2.24, 2.45) is 10.4 Å². The normalized spacial score (nSPS) is 12.2. The molecule has 0 aliphatic heterocycles. The summed E-state index contributed by atoms with van der Waals surface area (Å²) in [6, 6.07) is -0.389. The minimum Gasteiger partial charge on any atom is -0.463 e. The lowest BCUT2D eigenvalue weighted by atomic mass is 9.91. The second kappa shape index (κ2) is 7.84. The third-order valence-electron chi connectivity index (χ3n) is 2.85. The van der Waals surface area contributed by atoms with Gasteiger partial charge < -0.3 is 10.1 Å². The Balaban J connectivity index is 3.88.